The molecule has 5 nitrogen and oxygen atoms in total. The van der Waals surface area contributed by atoms with Crippen molar-refractivity contribution in [3.05, 3.63) is 11.9 Å². The van der Waals surface area contributed by atoms with E-state index in [1.54, 1.807) is 7.11 Å². The number of aromatic nitrogens is 2. The molecular weight excluding hydrogens is 252 g/mol. The fourth-order valence-corrected chi connectivity index (χ4v) is 2.96. The lowest BCUT2D eigenvalue weighted by molar-refractivity contribution is 0.178. The maximum atomic E-state index is 5.17. The second-order valence-electron chi connectivity index (χ2n) is 5.84. The molecular formula is C15H26N4O. The van der Waals surface area contributed by atoms with E-state index in [0.29, 0.717) is 18.4 Å². The highest BCUT2D eigenvalue weighted by molar-refractivity contribution is 5.49. The summed E-state index contributed by atoms with van der Waals surface area (Å²) in [6, 6.07) is 2.05. The molecule has 1 aromatic rings. The summed E-state index contributed by atoms with van der Waals surface area (Å²) in [6.45, 7) is 10.1. The molecule has 1 N–H and O–H groups in total. The molecule has 0 aliphatic carbocycles. The first-order chi connectivity index (χ1) is 9.62. The first-order valence-electron chi connectivity index (χ1n) is 7.48. The number of ether oxygens (including phenoxy) is 1. The Morgan fingerprint density at radius 2 is 2.00 bits per heavy atom. The zero-order valence-corrected chi connectivity index (χ0v) is 13.0. The third-order valence-electron chi connectivity index (χ3n) is 3.58. The quantitative estimate of drug-likeness (QED) is 0.897. The molecule has 0 bridgehead atoms. The Balaban J connectivity index is 2.24. The lowest BCUT2D eigenvalue weighted by Gasteiger charge is -2.36. The van der Waals surface area contributed by atoms with Gasteiger partial charge in [-0.3, -0.25) is 0 Å². The molecule has 0 aromatic carbocycles. The fourth-order valence-electron chi connectivity index (χ4n) is 2.96. The molecule has 1 aliphatic rings. The van der Waals surface area contributed by atoms with Gasteiger partial charge in [-0.1, -0.05) is 13.8 Å². The Bertz CT molecular complexity index is 404. The summed E-state index contributed by atoms with van der Waals surface area (Å²) in [6.07, 6.45) is 1.30. The van der Waals surface area contributed by atoms with Gasteiger partial charge in [0.1, 0.15) is 18.2 Å². The van der Waals surface area contributed by atoms with E-state index in [4.69, 9.17) is 4.74 Å². The summed E-state index contributed by atoms with van der Waals surface area (Å²) in [4.78, 5) is 11.5. The zero-order valence-electron chi connectivity index (χ0n) is 13.0. The highest BCUT2D eigenvalue weighted by atomic mass is 16.5. The molecule has 1 aromatic heterocycles. The van der Waals surface area contributed by atoms with Crippen LogP contribution in [-0.2, 0) is 11.3 Å². The number of methoxy groups -OCH3 is 1. The van der Waals surface area contributed by atoms with Gasteiger partial charge < -0.3 is 15.0 Å². The van der Waals surface area contributed by atoms with Crippen molar-refractivity contribution in [3.8, 4) is 0 Å². The summed E-state index contributed by atoms with van der Waals surface area (Å²) in [5, 5.41) is 3.27. The van der Waals surface area contributed by atoms with Crippen molar-refractivity contribution in [3.63, 3.8) is 0 Å². The zero-order chi connectivity index (χ0) is 14.5. The Hall–Kier alpha value is -1.36. The summed E-state index contributed by atoms with van der Waals surface area (Å²) in [5.74, 6) is 4.06. The standard InChI is InChI=1S/C15H26N4O/c1-5-16-13-7-15(18-14(17-13)10-20-4)19-8-11(2)6-12(3)9-19/h7,11-12H,5-6,8-10H2,1-4H3,(H,16,17,18). The number of rotatable bonds is 5. The number of nitrogens with zero attached hydrogens (tertiary/aromatic N) is 3. The number of piperidine rings is 1. The first kappa shape index (κ1) is 15.0. The van der Waals surface area contributed by atoms with E-state index >= 15 is 0 Å². The molecule has 0 spiro atoms. The SMILES string of the molecule is CCNc1cc(N2CC(C)CC(C)C2)nc(COC)n1. The van der Waals surface area contributed by atoms with E-state index in [2.05, 4.69) is 41.0 Å². The average molecular weight is 278 g/mol. The Kier molecular flexibility index (Phi) is 5.17. The Morgan fingerprint density at radius 3 is 2.60 bits per heavy atom. The molecule has 2 atom stereocenters. The van der Waals surface area contributed by atoms with Crippen LogP contribution in [0.3, 0.4) is 0 Å². The van der Waals surface area contributed by atoms with E-state index in [9.17, 15) is 0 Å². The highest BCUT2D eigenvalue weighted by Gasteiger charge is 2.23. The predicted molar refractivity (Wildman–Crippen MR) is 82.1 cm³/mol. The van der Waals surface area contributed by atoms with Crippen LogP contribution in [0.25, 0.3) is 0 Å². The van der Waals surface area contributed by atoms with Crippen molar-refractivity contribution in [1.82, 2.24) is 9.97 Å². The Labute approximate surface area is 121 Å². The normalized spacial score (nSPS) is 22.9. The smallest absolute Gasteiger partial charge is 0.158 e. The molecule has 20 heavy (non-hydrogen) atoms. The van der Waals surface area contributed by atoms with Crippen molar-refractivity contribution in [2.75, 3.05) is 37.0 Å². The van der Waals surface area contributed by atoms with E-state index < -0.39 is 0 Å². The van der Waals surface area contributed by atoms with Crippen LogP contribution < -0.4 is 10.2 Å². The monoisotopic (exact) mass is 278 g/mol. The summed E-state index contributed by atoms with van der Waals surface area (Å²) < 4.78 is 5.17. The minimum absolute atomic E-state index is 0.450. The van der Waals surface area contributed by atoms with Gasteiger partial charge in [0.2, 0.25) is 0 Å². The minimum Gasteiger partial charge on any atom is -0.377 e. The maximum absolute atomic E-state index is 5.17. The van der Waals surface area contributed by atoms with Crippen LogP contribution in [0.15, 0.2) is 6.07 Å². The Morgan fingerprint density at radius 1 is 1.30 bits per heavy atom. The molecule has 0 amide bonds. The fraction of sp³-hybridized carbons (Fsp3) is 0.733. The topological polar surface area (TPSA) is 50.3 Å². The third kappa shape index (κ3) is 3.82. The van der Waals surface area contributed by atoms with Gasteiger partial charge in [-0.25, -0.2) is 9.97 Å². The van der Waals surface area contributed by atoms with E-state index in [1.165, 1.54) is 6.42 Å². The van der Waals surface area contributed by atoms with Crippen molar-refractivity contribution < 1.29 is 4.74 Å². The van der Waals surface area contributed by atoms with Crippen LogP contribution in [-0.4, -0.2) is 36.7 Å². The van der Waals surface area contributed by atoms with Gasteiger partial charge in [-0.15, -0.1) is 0 Å². The van der Waals surface area contributed by atoms with Crippen LogP contribution in [0.1, 0.15) is 33.0 Å². The summed E-state index contributed by atoms with van der Waals surface area (Å²) in [5.41, 5.74) is 0. The lowest BCUT2D eigenvalue weighted by atomic mass is 9.92. The van der Waals surface area contributed by atoms with Crippen LogP contribution in [0, 0.1) is 11.8 Å². The number of hydrogen-bond acceptors (Lipinski definition) is 5. The number of nitrogens with one attached hydrogen (secondary N) is 1. The van der Waals surface area contributed by atoms with Crippen LogP contribution in [0.5, 0.6) is 0 Å². The molecule has 1 fully saturated rings. The minimum atomic E-state index is 0.450. The van der Waals surface area contributed by atoms with Crippen LogP contribution in [0.2, 0.25) is 0 Å². The van der Waals surface area contributed by atoms with Gasteiger partial charge in [0, 0.05) is 32.8 Å². The van der Waals surface area contributed by atoms with Crippen LogP contribution >= 0.6 is 0 Å². The predicted octanol–water partition coefficient (Wildman–Crippen LogP) is 2.54. The lowest BCUT2D eigenvalue weighted by Crippen LogP contribution is -2.39. The van der Waals surface area contributed by atoms with Crippen molar-refractivity contribution in [2.45, 2.75) is 33.8 Å². The van der Waals surface area contributed by atoms with Crippen molar-refractivity contribution >= 4 is 11.6 Å². The van der Waals surface area contributed by atoms with Gasteiger partial charge in [0.25, 0.3) is 0 Å². The summed E-state index contributed by atoms with van der Waals surface area (Å²) >= 11 is 0. The molecule has 1 aliphatic heterocycles. The number of anilines is 2. The van der Waals surface area contributed by atoms with Gasteiger partial charge in [0.05, 0.1) is 0 Å². The average Bonchev–Trinajstić information content (AvgIpc) is 2.38. The van der Waals surface area contributed by atoms with Gasteiger partial charge in [-0.05, 0) is 25.2 Å². The van der Waals surface area contributed by atoms with E-state index in [-0.39, 0.29) is 0 Å². The van der Waals surface area contributed by atoms with Crippen molar-refractivity contribution in [1.29, 1.82) is 0 Å². The van der Waals surface area contributed by atoms with E-state index in [1.807, 2.05) is 6.07 Å². The number of hydrogen-bond donors (Lipinski definition) is 1. The maximum Gasteiger partial charge on any atom is 0.158 e. The summed E-state index contributed by atoms with van der Waals surface area (Å²) in [7, 11) is 1.67. The van der Waals surface area contributed by atoms with E-state index in [0.717, 1.165) is 37.1 Å². The molecule has 2 rings (SSSR count). The van der Waals surface area contributed by atoms with Gasteiger partial charge in [0.15, 0.2) is 5.82 Å². The highest BCUT2D eigenvalue weighted by Crippen LogP contribution is 2.26. The molecule has 5 heteroatoms. The molecule has 1 saturated heterocycles. The van der Waals surface area contributed by atoms with Crippen LogP contribution in [0.4, 0.5) is 11.6 Å². The van der Waals surface area contributed by atoms with Gasteiger partial charge in [-0.2, -0.15) is 0 Å². The second-order valence-corrected chi connectivity index (χ2v) is 5.84. The first-order valence-corrected chi connectivity index (χ1v) is 7.48. The second kappa shape index (κ2) is 6.88. The molecule has 2 heterocycles. The van der Waals surface area contributed by atoms with Gasteiger partial charge >= 0.3 is 0 Å². The third-order valence-corrected chi connectivity index (χ3v) is 3.58. The molecule has 2 unspecified atom stereocenters. The largest absolute Gasteiger partial charge is 0.377 e. The molecule has 0 radical (unpaired) electrons. The van der Waals surface area contributed by atoms with Crippen molar-refractivity contribution in [2.24, 2.45) is 11.8 Å². The molecule has 112 valence electrons. The molecule has 0 saturated carbocycles.